The molecule has 0 spiro atoms. The van der Waals surface area contributed by atoms with Crippen molar-refractivity contribution in [3.63, 3.8) is 0 Å². The van der Waals surface area contributed by atoms with E-state index in [9.17, 15) is 14.3 Å². The number of rotatable bonds is 43. The Hall–Kier alpha value is -2.06. The first-order chi connectivity index (χ1) is 28.6. The third-order valence-corrected chi connectivity index (χ3v) is 10.7. The highest BCUT2D eigenvalue weighted by Gasteiger charge is 2.20. The van der Waals surface area contributed by atoms with Crippen molar-refractivity contribution in [1.29, 1.82) is 0 Å². The molecule has 0 aliphatic rings. The maximum atomic E-state index is 12.7. The van der Waals surface area contributed by atoms with Crippen molar-refractivity contribution in [2.24, 2.45) is 0 Å². The van der Waals surface area contributed by atoms with E-state index in [0.29, 0.717) is 24.1 Å². The second-order valence-corrected chi connectivity index (χ2v) is 18.2. The summed E-state index contributed by atoms with van der Waals surface area (Å²) in [6.45, 7) is 5.24. The second-order valence-electron chi connectivity index (χ2n) is 16.7. The summed E-state index contributed by atoms with van der Waals surface area (Å²) in [5, 5.41) is 0. The molecule has 0 aromatic carbocycles. The van der Waals surface area contributed by atoms with E-state index in [1.165, 1.54) is 77.0 Å². The lowest BCUT2D eigenvalue weighted by atomic mass is 10.0. The summed E-state index contributed by atoms with van der Waals surface area (Å²) in [5.74, 6) is -0.344. The lowest BCUT2D eigenvalue weighted by Gasteiger charge is -2.28. The summed E-state index contributed by atoms with van der Waals surface area (Å²) >= 11 is 0. The van der Waals surface area contributed by atoms with Gasteiger partial charge in [0.15, 0.2) is 0 Å². The minimum Gasteiger partial charge on any atom is -0.756 e. The number of nitrogens with zero attached hydrogens (tertiary/aromatic N) is 1. The van der Waals surface area contributed by atoms with Crippen LogP contribution in [0.15, 0.2) is 72.9 Å². The van der Waals surface area contributed by atoms with Gasteiger partial charge >= 0.3 is 5.97 Å². The van der Waals surface area contributed by atoms with Crippen LogP contribution in [0.1, 0.15) is 181 Å². The van der Waals surface area contributed by atoms with Gasteiger partial charge in [0.1, 0.15) is 19.3 Å². The van der Waals surface area contributed by atoms with E-state index in [1.54, 1.807) is 0 Å². The molecule has 0 aliphatic carbocycles. The molecule has 0 aromatic rings. The smallest absolute Gasteiger partial charge is 0.306 e. The fourth-order valence-corrected chi connectivity index (χ4v) is 6.87. The van der Waals surface area contributed by atoms with Gasteiger partial charge in [-0.2, -0.15) is 0 Å². The summed E-state index contributed by atoms with van der Waals surface area (Å²) in [6, 6.07) is 0. The van der Waals surface area contributed by atoms with Crippen LogP contribution in [0.3, 0.4) is 0 Å². The molecule has 9 heteroatoms. The van der Waals surface area contributed by atoms with E-state index < -0.39 is 13.9 Å². The molecule has 0 amide bonds. The van der Waals surface area contributed by atoms with Crippen molar-refractivity contribution in [2.75, 3.05) is 54.1 Å². The molecular weight excluding hydrogens is 758 g/mol. The maximum Gasteiger partial charge on any atom is 0.306 e. The van der Waals surface area contributed by atoms with Crippen LogP contribution in [0, 0.1) is 0 Å². The van der Waals surface area contributed by atoms with Gasteiger partial charge in [-0.25, -0.2) is 0 Å². The number of carbonyl (C=O) groups excluding carboxylic acids is 1. The van der Waals surface area contributed by atoms with Crippen molar-refractivity contribution in [3.05, 3.63) is 72.9 Å². The topological polar surface area (TPSA) is 94.1 Å². The Kier molecular flexibility index (Phi) is 41.1. The molecule has 2 atom stereocenters. The van der Waals surface area contributed by atoms with Crippen LogP contribution in [0.5, 0.6) is 0 Å². The first-order valence-corrected chi connectivity index (χ1v) is 25.1. The first-order valence-electron chi connectivity index (χ1n) is 23.7. The van der Waals surface area contributed by atoms with Gasteiger partial charge in [-0.15, -0.1) is 0 Å². The van der Waals surface area contributed by atoms with Crippen molar-refractivity contribution in [1.82, 2.24) is 0 Å². The number of unbranched alkanes of at least 4 members (excludes halogenated alkanes) is 17. The van der Waals surface area contributed by atoms with E-state index in [1.807, 2.05) is 21.1 Å². The average molecular weight is 848 g/mol. The second kappa shape index (κ2) is 42.6. The van der Waals surface area contributed by atoms with Gasteiger partial charge in [0.25, 0.3) is 7.82 Å². The summed E-state index contributed by atoms with van der Waals surface area (Å²) in [7, 11) is 1.34. The van der Waals surface area contributed by atoms with E-state index in [0.717, 1.165) is 83.5 Å². The molecule has 0 rings (SSSR count). The number of phosphoric acid groups is 1. The fraction of sp³-hybridized carbons (Fsp3) is 0.740. The Balaban J connectivity index is 4.22. The molecular formula is C50H90NO7P. The van der Waals surface area contributed by atoms with E-state index >= 15 is 0 Å². The van der Waals surface area contributed by atoms with Crippen molar-refractivity contribution >= 4 is 13.8 Å². The Morgan fingerprint density at radius 3 is 1.47 bits per heavy atom. The normalized spacial score (nSPS) is 14.3. The molecule has 0 saturated carbocycles. The number of esters is 1. The number of quaternary nitrogens is 1. The lowest BCUT2D eigenvalue weighted by Crippen LogP contribution is -2.37. The Morgan fingerprint density at radius 1 is 0.542 bits per heavy atom. The fourth-order valence-electron chi connectivity index (χ4n) is 6.14. The zero-order valence-corrected chi connectivity index (χ0v) is 39.6. The third kappa shape index (κ3) is 46.9. The maximum absolute atomic E-state index is 12.7. The Bertz CT molecular complexity index is 1170. The standard InChI is InChI=1S/C50H90NO7P/c1-6-8-10-12-14-16-18-20-21-22-23-24-25-26-27-28-29-30-32-34-36-38-40-42-45-55-47-49(48-57-59(53,54)56-46-44-51(3,4)5)58-50(52)43-41-39-37-35-33-31-19-17-15-13-11-9-7-2/h8,10,14,16,20-21,23-24,26-27,29-30,49H,6-7,9,11-13,15,17-19,22,25,28,31-48H2,1-5H3/b10-8-,16-14-,21-20-,24-23-,27-26-,30-29-. The highest BCUT2D eigenvalue weighted by molar-refractivity contribution is 7.45. The number of carbonyl (C=O) groups is 1. The predicted octanol–water partition coefficient (Wildman–Crippen LogP) is 13.6. The minimum atomic E-state index is -4.53. The molecule has 0 heterocycles. The van der Waals surface area contributed by atoms with Crippen LogP contribution in [-0.2, 0) is 27.9 Å². The molecule has 0 saturated heterocycles. The van der Waals surface area contributed by atoms with Gasteiger partial charge in [-0.05, 0) is 64.2 Å². The van der Waals surface area contributed by atoms with E-state index in [-0.39, 0.29) is 25.8 Å². The molecule has 0 aliphatic heterocycles. The number of allylic oxidation sites excluding steroid dienone is 12. The van der Waals surface area contributed by atoms with E-state index in [2.05, 4.69) is 86.8 Å². The van der Waals surface area contributed by atoms with Gasteiger partial charge in [0.2, 0.25) is 0 Å². The summed E-state index contributed by atoms with van der Waals surface area (Å²) in [6.07, 6.45) is 54.9. The Morgan fingerprint density at radius 2 is 0.983 bits per heavy atom. The number of likely N-dealkylation sites (N-methyl/N-ethyl adjacent to an activating group) is 1. The Labute approximate surface area is 363 Å². The highest BCUT2D eigenvalue weighted by atomic mass is 31.2. The summed E-state index contributed by atoms with van der Waals surface area (Å²) < 4.78 is 34.6. The van der Waals surface area contributed by atoms with Crippen LogP contribution < -0.4 is 4.89 Å². The van der Waals surface area contributed by atoms with E-state index in [4.69, 9.17) is 18.5 Å². The molecule has 0 aromatic heterocycles. The molecule has 8 nitrogen and oxygen atoms in total. The SMILES string of the molecule is CC/C=C\C/C=C\C/C=C\C/C=C\C/C=C\C/C=C\CCCCCCCOCC(COP(=O)([O-])OCC[N+](C)(C)C)OC(=O)CCCCCCCCCCCCCCC. The van der Waals surface area contributed by atoms with Gasteiger partial charge in [-0.1, -0.05) is 183 Å². The minimum absolute atomic E-state index is 0.0195. The lowest BCUT2D eigenvalue weighted by molar-refractivity contribution is -0.870. The molecule has 0 radical (unpaired) electrons. The monoisotopic (exact) mass is 848 g/mol. The van der Waals surface area contributed by atoms with Crippen molar-refractivity contribution < 1.29 is 37.3 Å². The first kappa shape index (κ1) is 56.9. The van der Waals surface area contributed by atoms with Gasteiger partial charge in [-0.3, -0.25) is 9.36 Å². The zero-order chi connectivity index (χ0) is 43.4. The molecule has 0 bridgehead atoms. The van der Waals surface area contributed by atoms with Gasteiger partial charge in [0, 0.05) is 13.0 Å². The quantitative estimate of drug-likeness (QED) is 0.0198. The van der Waals surface area contributed by atoms with Crippen LogP contribution in [0.4, 0.5) is 0 Å². The van der Waals surface area contributed by atoms with Crippen LogP contribution in [0.2, 0.25) is 0 Å². The van der Waals surface area contributed by atoms with Crippen molar-refractivity contribution in [2.45, 2.75) is 187 Å². The average Bonchev–Trinajstić information content (AvgIpc) is 3.19. The molecule has 2 unspecified atom stereocenters. The van der Waals surface area contributed by atoms with Crippen LogP contribution in [-0.4, -0.2) is 70.7 Å². The molecule has 0 N–H and O–H groups in total. The number of phosphoric ester groups is 1. The van der Waals surface area contributed by atoms with Gasteiger partial charge < -0.3 is 27.9 Å². The summed E-state index contributed by atoms with van der Waals surface area (Å²) in [5.41, 5.74) is 0. The number of ether oxygens (including phenoxy) is 2. The predicted molar refractivity (Wildman–Crippen MR) is 249 cm³/mol. The zero-order valence-electron chi connectivity index (χ0n) is 38.7. The molecule has 0 fully saturated rings. The van der Waals surface area contributed by atoms with Crippen LogP contribution >= 0.6 is 7.82 Å². The molecule has 59 heavy (non-hydrogen) atoms. The van der Waals surface area contributed by atoms with Crippen molar-refractivity contribution in [3.8, 4) is 0 Å². The third-order valence-electron chi connectivity index (χ3n) is 9.77. The largest absolute Gasteiger partial charge is 0.756 e. The van der Waals surface area contributed by atoms with Crippen LogP contribution in [0.25, 0.3) is 0 Å². The molecule has 342 valence electrons. The van der Waals surface area contributed by atoms with Gasteiger partial charge in [0.05, 0.1) is 34.4 Å². The highest BCUT2D eigenvalue weighted by Crippen LogP contribution is 2.38. The number of hydrogen-bond donors (Lipinski definition) is 0. The summed E-state index contributed by atoms with van der Waals surface area (Å²) in [4.78, 5) is 25.1. The number of hydrogen-bond acceptors (Lipinski definition) is 7.